The van der Waals surface area contributed by atoms with E-state index in [0.29, 0.717) is 17.3 Å². The quantitative estimate of drug-likeness (QED) is 0.413. The van der Waals surface area contributed by atoms with Crippen molar-refractivity contribution in [3.05, 3.63) is 69.5 Å². The molecule has 3 aromatic rings. The standard InChI is InChI=1S/C21H24ClN2O6PS/c1-3-29-31(26,30-4-2)19-12-16-13-20(17(22)14-18(16)24-21(19)25)32(27,28)23-11-10-15-8-6-5-7-9-15/h5-9,12-14,23H,3-4,10-11H2,1-2H3,(H,24,25). The van der Waals surface area contributed by atoms with E-state index in [4.69, 9.17) is 20.6 Å². The summed E-state index contributed by atoms with van der Waals surface area (Å²) in [6.07, 6.45) is 0.509. The molecular weight excluding hydrogens is 475 g/mol. The van der Waals surface area contributed by atoms with Crippen molar-refractivity contribution < 1.29 is 22.0 Å². The first-order valence-corrected chi connectivity index (χ1v) is 13.4. The highest BCUT2D eigenvalue weighted by Gasteiger charge is 2.31. The molecule has 172 valence electrons. The second-order valence-electron chi connectivity index (χ2n) is 6.82. The highest BCUT2D eigenvalue weighted by molar-refractivity contribution is 7.89. The number of H-pyrrole nitrogens is 1. The minimum absolute atomic E-state index is 0.0501. The lowest BCUT2D eigenvalue weighted by molar-refractivity contribution is 0.229. The molecule has 0 aliphatic heterocycles. The Morgan fingerprint density at radius 3 is 2.34 bits per heavy atom. The molecule has 0 unspecified atom stereocenters. The van der Waals surface area contributed by atoms with E-state index in [1.807, 2.05) is 30.3 Å². The van der Waals surface area contributed by atoms with Crippen LogP contribution < -0.4 is 15.6 Å². The molecule has 0 radical (unpaired) electrons. The van der Waals surface area contributed by atoms with Gasteiger partial charge in [-0.25, -0.2) is 13.1 Å². The average molecular weight is 499 g/mol. The number of hydrogen-bond donors (Lipinski definition) is 2. The van der Waals surface area contributed by atoms with Crippen LogP contribution in [0.1, 0.15) is 19.4 Å². The van der Waals surface area contributed by atoms with Gasteiger partial charge >= 0.3 is 7.60 Å². The highest BCUT2D eigenvalue weighted by atomic mass is 35.5. The Bertz CT molecular complexity index is 1300. The third kappa shape index (κ3) is 5.49. The highest BCUT2D eigenvalue weighted by Crippen LogP contribution is 2.46. The lowest BCUT2D eigenvalue weighted by Gasteiger charge is -2.17. The first-order valence-electron chi connectivity index (χ1n) is 10.00. The fourth-order valence-corrected chi connectivity index (χ4v) is 6.40. The number of hydrogen-bond acceptors (Lipinski definition) is 6. The average Bonchev–Trinajstić information content (AvgIpc) is 2.73. The van der Waals surface area contributed by atoms with Crippen molar-refractivity contribution in [2.24, 2.45) is 0 Å². The number of fused-ring (bicyclic) bond motifs is 1. The van der Waals surface area contributed by atoms with Gasteiger partial charge < -0.3 is 14.0 Å². The summed E-state index contributed by atoms with van der Waals surface area (Å²) in [5.41, 5.74) is 0.631. The zero-order valence-corrected chi connectivity index (χ0v) is 20.1. The van der Waals surface area contributed by atoms with Crippen molar-refractivity contribution in [3.8, 4) is 0 Å². The second-order valence-corrected chi connectivity index (χ2v) is 11.0. The molecule has 0 saturated carbocycles. The summed E-state index contributed by atoms with van der Waals surface area (Å²) in [4.78, 5) is 15.0. The Labute approximate surface area is 191 Å². The van der Waals surface area contributed by atoms with E-state index in [-0.39, 0.29) is 35.0 Å². The summed E-state index contributed by atoms with van der Waals surface area (Å²) in [7, 11) is -7.81. The minimum Gasteiger partial charge on any atom is -0.321 e. The number of nitrogens with one attached hydrogen (secondary N) is 2. The predicted molar refractivity (Wildman–Crippen MR) is 125 cm³/mol. The largest absolute Gasteiger partial charge is 0.366 e. The maximum absolute atomic E-state index is 13.1. The van der Waals surface area contributed by atoms with Gasteiger partial charge in [0.1, 0.15) is 10.2 Å². The smallest absolute Gasteiger partial charge is 0.321 e. The lowest BCUT2D eigenvalue weighted by atomic mass is 10.2. The summed E-state index contributed by atoms with van der Waals surface area (Å²) in [6.45, 7) is 3.58. The van der Waals surface area contributed by atoms with Crippen LogP contribution in [0.25, 0.3) is 10.9 Å². The van der Waals surface area contributed by atoms with Gasteiger partial charge in [0.25, 0.3) is 5.56 Å². The van der Waals surface area contributed by atoms with Crippen molar-refractivity contribution in [1.29, 1.82) is 0 Å². The van der Waals surface area contributed by atoms with Crippen LogP contribution in [0.15, 0.2) is 58.2 Å². The van der Waals surface area contributed by atoms with Crippen molar-refractivity contribution in [1.82, 2.24) is 9.71 Å². The molecule has 2 aromatic carbocycles. The predicted octanol–water partition coefficient (Wildman–Crippen LogP) is 3.59. The number of aromatic nitrogens is 1. The molecule has 0 fully saturated rings. The third-order valence-electron chi connectivity index (χ3n) is 4.61. The zero-order valence-electron chi connectivity index (χ0n) is 17.6. The molecular formula is C21H24ClN2O6PS. The van der Waals surface area contributed by atoms with E-state index < -0.39 is 23.2 Å². The summed E-state index contributed by atoms with van der Waals surface area (Å²) in [6, 6.07) is 13.5. The SMILES string of the molecule is CCOP(=O)(OCC)c1cc2cc(S(=O)(=O)NCCc3ccccc3)c(Cl)cc2[nH]c1=O. The molecule has 11 heteroatoms. The van der Waals surface area contributed by atoms with Gasteiger partial charge in [-0.2, -0.15) is 0 Å². The number of halogens is 1. The van der Waals surface area contributed by atoms with Crippen LogP contribution in [0, 0.1) is 0 Å². The van der Waals surface area contributed by atoms with Crippen LogP contribution in [-0.2, 0) is 30.1 Å². The number of rotatable bonds is 10. The van der Waals surface area contributed by atoms with Crippen molar-refractivity contribution >= 4 is 45.4 Å². The topological polar surface area (TPSA) is 115 Å². The van der Waals surface area contributed by atoms with Crippen LogP contribution in [0.3, 0.4) is 0 Å². The van der Waals surface area contributed by atoms with Crippen LogP contribution >= 0.6 is 19.2 Å². The van der Waals surface area contributed by atoms with Gasteiger partial charge in [0.15, 0.2) is 0 Å². The molecule has 0 aliphatic rings. The minimum atomic E-state index is -3.94. The van der Waals surface area contributed by atoms with Gasteiger partial charge in [0.2, 0.25) is 10.0 Å². The summed E-state index contributed by atoms with van der Waals surface area (Å²) in [5, 5.41) is 0.0781. The zero-order chi connectivity index (χ0) is 23.4. The van der Waals surface area contributed by atoms with Gasteiger partial charge in [-0.05, 0) is 44.0 Å². The van der Waals surface area contributed by atoms with Crippen LogP contribution in [-0.4, -0.2) is 33.2 Å². The van der Waals surface area contributed by atoms with Gasteiger partial charge in [-0.3, -0.25) is 9.36 Å². The van der Waals surface area contributed by atoms with E-state index in [0.717, 1.165) is 5.56 Å². The second kappa shape index (κ2) is 10.3. The molecule has 0 spiro atoms. The first-order chi connectivity index (χ1) is 15.2. The van der Waals surface area contributed by atoms with E-state index >= 15 is 0 Å². The molecule has 0 bridgehead atoms. The normalized spacial score (nSPS) is 12.3. The monoisotopic (exact) mass is 498 g/mol. The van der Waals surface area contributed by atoms with E-state index in [1.54, 1.807) is 13.8 Å². The van der Waals surface area contributed by atoms with Gasteiger partial charge in [-0.15, -0.1) is 0 Å². The van der Waals surface area contributed by atoms with Gasteiger partial charge in [0, 0.05) is 17.4 Å². The molecule has 0 atom stereocenters. The molecule has 3 rings (SSSR count). The fraction of sp³-hybridized carbons (Fsp3) is 0.286. The van der Waals surface area contributed by atoms with E-state index in [9.17, 15) is 17.8 Å². The van der Waals surface area contributed by atoms with Crippen LogP contribution in [0.2, 0.25) is 5.02 Å². The molecule has 0 amide bonds. The van der Waals surface area contributed by atoms with Crippen molar-refractivity contribution in [2.75, 3.05) is 19.8 Å². The Morgan fingerprint density at radius 2 is 1.72 bits per heavy atom. The van der Waals surface area contributed by atoms with E-state index in [1.165, 1.54) is 18.2 Å². The fourth-order valence-electron chi connectivity index (χ4n) is 3.17. The molecule has 1 aromatic heterocycles. The molecule has 0 saturated heterocycles. The summed E-state index contributed by atoms with van der Waals surface area (Å²) in [5.74, 6) is 0. The molecule has 0 aliphatic carbocycles. The first kappa shape index (κ1) is 24.6. The molecule has 1 heterocycles. The maximum Gasteiger partial charge on any atom is 0.366 e. The number of pyridine rings is 1. The number of benzene rings is 2. The summed E-state index contributed by atoms with van der Waals surface area (Å²) >= 11 is 6.22. The molecule has 8 nitrogen and oxygen atoms in total. The molecule has 2 N–H and O–H groups in total. The van der Waals surface area contributed by atoms with Gasteiger partial charge in [0.05, 0.1) is 18.2 Å². The van der Waals surface area contributed by atoms with Crippen LogP contribution in [0.4, 0.5) is 0 Å². The Morgan fingerprint density at radius 1 is 1.06 bits per heavy atom. The number of aromatic amines is 1. The van der Waals surface area contributed by atoms with E-state index in [2.05, 4.69) is 9.71 Å². The summed E-state index contributed by atoms with van der Waals surface area (Å²) < 4.78 is 51.9. The lowest BCUT2D eigenvalue weighted by Crippen LogP contribution is -2.29. The number of sulfonamides is 1. The maximum atomic E-state index is 13.1. The van der Waals surface area contributed by atoms with Crippen molar-refractivity contribution in [3.63, 3.8) is 0 Å². The third-order valence-corrected chi connectivity index (χ3v) is 8.65. The van der Waals surface area contributed by atoms with Crippen LogP contribution in [0.5, 0.6) is 0 Å². The van der Waals surface area contributed by atoms with Gasteiger partial charge in [-0.1, -0.05) is 41.9 Å². The Hall–Kier alpha value is -2.00. The molecule has 32 heavy (non-hydrogen) atoms. The Kier molecular flexibility index (Phi) is 7.92. The Balaban J connectivity index is 1.97. The van der Waals surface area contributed by atoms with Crippen molar-refractivity contribution in [2.45, 2.75) is 25.2 Å².